The van der Waals surface area contributed by atoms with Gasteiger partial charge in [-0.05, 0) is 79.7 Å². The molecule has 1 aromatic carbocycles. The summed E-state index contributed by atoms with van der Waals surface area (Å²) in [5.74, 6) is 2.69. The van der Waals surface area contributed by atoms with Gasteiger partial charge in [0.05, 0.1) is 24.5 Å². The van der Waals surface area contributed by atoms with E-state index in [2.05, 4.69) is 42.3 Å². The Kier molecular flexibility index (Phi) is 8.64. The van der Waals surface area contributed by atoms with Gasteiger partial charge in [0.2, 0.25) is 0 Å². The number of nitrogens with one attached hydrogen (secondary N) is 2. The highest BCUT2D eigenvalue weighted by Crippen LogP contribution is 2.40. The van der Waals surface area contributed by atoms with Crippen LogP contribution >= 0.6 is 34.1 Å². The van der Waals surface area contributed by atoms with Gasteiger partial charge in [-0.15, -0.1) is 0 Å². The first kappa shape index (κ1) is 28.4. The van der Waals surface area contributed by atoms with Crippen LogP contribution < -0.4 is 31.0 Å². The molecule has 1 saturated carbocycles. The van der Waals surface area contributed by atoms with Crippen LogP contribution in [0.4, 0.5) is 16.5 Å². The van der Waals surface area contributed by atoms with E-state index in [4.69, 9.17) is 15.2 Å². The van der Waals surface area contributed by atoms with E-state index in [1.165, 1.54) is 12.8 Å². The van der Waals surface area contributed by atoms with Gasteiger partial charge in [-0.1, -0.05) is 12.8 Å². The van der Waals surface area contributed by atoms with Gasteiger partial charge in [-0.3, -0.25) is 19.0 Å². The van der Waals surface area contributed by atoms with E-state index in [1.807, 2.05) is 32.9 Å². The third-order valence-corrected chi connectivity index (χ3v) is 8.59. The summed E-state index contributed by atoms with van der Waals surface area (Å²) in [5, 5.41) is 3.72. The van der Waals surface area contributed by atoms with Crippen molar-refractivity contribution in [1.29, 1.82) is 0 Å². The molecule has 10 nitrogen and oxygen atoms in total. The van der Waals surface area contributed by atoms with Crippen molar-refractivity contribution in [2.75, 3.05) is 30.0 Å². The number of rotatable bonds is 11. The molecule has 212 valence electrons. The number of carbonyl (C=O) groups excluding carboxylic acids is 1. The molecule has 2 aliphatic rings. The number of pyridine rings is 1. The van der Waals surface area contributed by atoms with Crippen LogP contribution in [-0.2, 0) is 6.42 Å². The molecular weight excluding hydrogens is 643 g/mol. The summed E-state index contributed by atoms with van der Waals surface area (Å²) in [7, 11) is 0. The summed E-state index contributed by atoms with van der Waals surface area (Å²) in [6.07, 6.45) is 5.71. The van der Waals surface area contributed by atoms with Gasteiger partial charge in [0.15, 0.2) is 0 Å². The van der Waals surface area contributed by atoms with Crippen LogP contribution in [0.1, 0.15) is 61.5 Å². The van der Waals surface area contributed by atoms with E-state index >= 15 is 0 Å². The van der Waals surface area contributed by atoms with Crippen LogP contribution in [0.25, 0.3) is 0 Å². The zero-order valence-corrected chi connectivity index (χ0v) is 25.7. The number of amides is 1. The fourth-order valence-corrected chi connectivity index (χ4v) is 6.34. The summed E-state index contributed by atoms with van der Waals surface area (Å²) in [4.78, 5) is 37.0. The molecule has 40 heavy (non-hydrogen) atoms. The molecule has 12 heteroatoms. The third-order valence-electron chi connectivity index (χ3n) is 6.90. The molecule has 0 saturated heterocycles. The largest absolute Gasteiger partial charge is 0.494 e. The number of hydrogen-bond acceptors (Lipinski definition) is 8. The maximum Gasteiger partial charge on any atom is 0.271 e. The van der Waals surface area contributed by atoms with Gasteiger partial charge >= 0.3 is 0 Å². The predicted molar refractivity (Wildman–Crippen MR) is 167 cm³/mol. The minimum Gasteiger partial charge on any atom is -0.494 e. The van der Waals surface area contributed by atoms with Crippen molar-refractivity contribution < 1.29 is 14.3 Å². The summed E-state index contributed by atoms with van der Waals surface area (Å²) < 4.78 is 15.0. The summed E-state index contributed by atoms with van der Waals surface area (Å²) in [5.41, 5.74) is 8.56. The molecule has 0 radical (unpaired) electrons. The number of hydrogen-bond donors (Lipinski definition) is 3. The maximum atomic E-state index is 13.7. The molecule has 1 unspecified atom stereocenters. The number of aromatic nitrogens is 2. The number of ether oxygens (including phenoxy) is 2. The second-order valence-electron chi connectivity index (χ2n) is 9.95. The van der Waals surface area contributed by atoms with Gasteiger partial charge in [0.25, 0.3) is 11.5 Å². The first-order chi connectivity index (χ1) is 19.3. The highest BCUT2D eigenvalue weighted by Gasteiger charge is 2.30. The number of carbonyl (C=O) groups is 1. The van der Waals surface area contributed by atoms with E-state index in [0.717, 1.165) is 38.5 Å². The Labute approximate surface area is 250 Å². The van der Waals surface area contributed by atoms with Crippen molar-refractivity contribution >= 4 is 62.4 Å². The number of nitrogens with zero attached hydrogens (tertiary/aromatic N) is 3. The van der Waals surface area contributed by atoms with Crippen LogP contribution in [0.3, 0.4) is 0 Å². The molecule has 2 aromatic heterocycles. The van der Waals surface area contributed by atoms with Crippen LogP contribution in [0.5, 0.6) is 11.5 Å². The van der Waals surface area contributed by atoms with E-state index in [9.17, 15) is 9.59 Å². The lowest BCUT2D eigenvalue weighted by atomic mass is 10.1. The molecule has 3 aromatic rings. The molecule has 4 N–H and O–H groups in total. The lowest BCUT2D eigenvalue weighted by molar-refractivity contribution is 0.0988. The Morgan fingerprint density at radius 3 is 2.77 bits per heavy atom. The van der Waals surface area contributed by atoms with Crippen molar-refractivity contribution in [3.63, 3.8) is 0 Å². The molecule has 1 aliphatic carbocycles. The van der Waals surface area contributed by atoms with E-state index in [-0.39, 0.29) is 23.3 Å². The van der Waals surface area contributed by atoms with E-state index in [0.29, 0.717) is 59.8 Å². The molecule has 1 amide bonds. The lowest BCUT2D eigenvalue weighted by Crippen LogP contribution is -2.29. The number of anilines is 3. The molecule has 5 rings (SSSR count). The van der Waals surface area contributed by atoms with Crippen molar-refractivity contribution in [3.05, 3.63) is 55.0 Å². The lowest BCUT2D eigenvalue weighted by Gasteiger charge is -2.20. The monoisotopic (exact) mass is 676 g/mol. The highest BCUT2D eigenvalue weighted by molar-refractivity contribution is 14.1. The zero-order valence-electron chi connectivity index (χ0n) is 22.8. The van der Waals surface area contributed by atoms with Gasteiger partial charge in [0, 0.05) is 40.0 Å². The topological polar surface area (TPSA) is 135 Å². The third kappa shape index (κ3) is 6.12. The summed E-state index contributed by atoms with van der Waals surface area (Å²) in [6, 6.07) is 5.62. The van der Waals surface area contributed by atoms with Crippen LogP contribution in [0.15, 0.2) is 34.2 Å². The van der Waals surface area contributed by atoms with E-state index < -0.39 is 0 Å². The SMILES string of the molecule is CCOc1cc(OCC)c2c(c1)N(C(=O)c1cnc(Nc3s[nH]c(=O)c3C(N)=NC(C)CC3CC3)cc1I)CC2. The smallest absolute Gasteiger partial charge is 0.271 e. The second-order valence-corrected chi connectivity index (χ2v) is 11.9. The second kappa shape index (κ2) is 12.2. The van der Waals surface area contributed by atoms with Crippen LogP contribution in [-0.4, -0.2) is 46.9 Å². The number of H-pyrrole nitrogens is 1. The number of halogens is 1. The molecule has 0 spiro atoms. The molecule has 1 atom stereocenters. The number of amidine groups is 1. The van der Waals surface area contributed by atoms with Gasteiger partial charge in [-0.25, -0.2) is 4.98 Å². The average molecular weight is 677 g/mol. The normalized spacial score (nSPS) is 15.6. The van der Waals surface area contributed by atoms with Crippen molar-refractivity contribution in [1.82, 2.24) is 9.36 Å². The van der Waals surface area contributed by atoms with Gasteiger partial charge in [-0.2, -0.15) is 0 Å². The fourth-order valence-electron chi connectivity index (χ4n) is 4.92. The zero-order chi connectivity index (χ0) is 28.4. The summed E-state index contributed by atoms with van der Waals surface area (Å²) >= 11 is 3.28. The minimum absolute atomic E-state index is 0.0500. The minimum atomic E-state index is -0.292. The standard InChI is InChI=1S/C28H33IN6O4S/c1-4-38-17-11-21-18(22(12-17)39-5-2)8-9-35(21)28(37)19-14-31-23(13-20(19)29)33-27-24(26(36)34-40-27)25(30)32-15(3)10-16-6-7-16/h11-16H,4-10H2,1-3H3,(H2,30,32)(H,31,33)(H,34,36). The molecule has 1 fully saturated rings. The van der Waals surface area contributed by atoms with Crippen molar-refractivity contribution in [2.45, 2.75) is 52.5 Å². The van der Waals surface area contributed by atoms with Crippen LogP contribution in [0.2, 0.25) is 0 Å². The molecule has 0 bridgehead atoms. The Balaban J connectivity index is 1.36. The fraction of sp³-hybridized carbons (Fsp3) is 0.429. The van der Waals surface area contributed by atoms with Gasteiger partial charge in [0.1, 0.15) is 33.7 Å². The predicted octanol–water partition coefficient (Wildman–Crippen LogP) is 5.07. The molecule has 1 aliphatic heterocycles. The Morgan fingerprint density at radius 2 is 2.08 bits per heavy atom. The number of fused-ring (bicyclic) bond motifs is 1. The Bertz CT molecular complexity index is 1500. The van der Waals surface area contributed by atoms with E-state index in [1.54, 1.807) is 17.2 Å². The number of aromatic amines is 1. The Morgan fingerprint density at radius 1 is 1.30 bits per heavy atom. The first-order valence-corrected chi connectivity index (χ1v) is 15.4. The highest BCUT2D eigenvalue weighted by atomic mass is 127. The maximum absolute atomic E-state index is 13.7. The quantitative estimate of drug-likeness (QED) is 0.147. The van der Waals surface area contributed by atoms with Gasteiger partial charge < -0.3 is 25.4 Å². The molecule has 3 heterocycles. The van der Waals surface area contributed by atoms with Crippen LogP contribution in [0, 0.1) is 9.49 Å². The summed E-state index contributed by atoms with van der Waals surface area (Å²) in [6.45, 7) is 7.47. The number of benzene rings is 1. The van der Waals surface area contributed by atoms with Crippen molar-refractivity contribution in [2.24, 2.45) is 16.6 Å². The Hall–Kier alpha value is -3.13. The molecular formula is C28H33IN6O4S. The average Bonchev–Trinajstić information content (AvgIpc) is 3.49. The number of nitrogens with two attached hydrogens (primary N) is 1. The number of aliphatic imine (C=N–C) groups is 1. The van der Waals surface area contributed by atoms with Crippen molar-refractivity contribution in [3.8, 4) is 11.5 Å². The first-order valence-electron chi connectivity index (χ1n) is 13.5.